The standard InChI is InChI=1S/C25H25ClN2O6S/c1-16-8-10-20(11-9-16)35(31,32)28(15-23(29)33-3)17(2)24-21(25(30)34-4)12-13-22(27-24)18-6-5-7-19(26)14-18/h5-14,17H,15H2,1-4H3. The van der Waals surface area contributed by atoms with Crippen LogP contribution in [0.25, 0.3) is 11.3 Å². The molecule has 0 spiro atoms. The van der Waals surface area contributed by atoms with Gasteiger partial charge in [0.15, 0.2) is 0 Å². The van der Waals surface area contributed by atoms with Crippen molar-refractivity contribution in [3.05, 3.63) is 82.5 Å². The number of nitrogens with zero attached hydrogens (tertiary/aromatic N) is 2. The van der Waals surface area contributed by atoms with Crippen LogP contribution >= 0.6 is 11.6 Å². The summed E-state index contributed by atoms with van der Waals surface area (Å²) in [7, 11) is -1.80. The van der Waals surface area contributed by atoms with Gasteiger partial charge in [-0.1, -0.05) is 41.4 Å². The summed E-state index contributed by atoms with van der Waals surface area (Å²) in [5.74, 6) is -1.46. The van der Waals surface area contributed by atoms with Crippen molar-refractivity contribution in [2.24, 2.45) is 0 Å². The zero-order valence-corrected chi connectivity index (χ0v) is 21.3. The third kappa shape index (κ3) is 5.87. The highest BCUT2D eigenvalue weighted by Gasteiger charge is 2.35. The van der Waals surface area contributed by atoms with Crippen molar-refractivity contribution in [1.82, 2.24) is 9.29 Å². The minimum Gasteiger partial charge on any atom is -0.468 e. The lowest BCUT2D eigenvalue weighted by atomic mass is 10.0. The summed E-state index contributed by atoms with van der Waals surface area (Å²) in [5.41, 5.74) is 2.20. The smallest absolute Gasteiger partial charge is 0.339 e. The van der Waals surface area contributed by atoms with Crippen LogP contribution in [-0.4, -0.2) is 50.4 Å². The van der Waals surface area contributed by atoms with Crippen molar-refractivity contribution in [2.75, 3.05) is 20.8 Å². The van der Waals surface area contributed by atoms with Gasteiger partial charge in [-0.15, -0.1) is 0 Å². The lowest BCUT2D eigenvalue weighted by molar-refractivity contribution is -0.141. The van der Waals surface area contributed by atoms with Gasteiger partial charge in [0.05, 0.1) is 42.1 Å². The Morgan fingerprint density at radius 2 is 1.71 bits per heavy atom. The first kappa shape index (κ1) is 26.3. The maximum atomic E-state index is 13.6. The summed E-state index contributed by atoms with van der Waals surface area (Å²) in [6.45, 7) is 2.79. The molecule has 0 amide bonds. The highest BCUT2D eigenvalue weighted by atomic mass is 35.5. The van der Waals surface area contributed by atoms with E-state index in [-0.39, 0.29) is 16.2 Å². The van der Waals surface area contributed by atoms with Gasteiger partial charge in [-0.05, 0) is 50.2 Å². The Balaban J connectivity index is 2.19. The Morgan fingerprint density at radius 3 is 2.31 bits per heavy atom. The number of aryl methyl sites for hydroxylation is 1. The zero-order valence-electron chi connectivity index (χ0n) is 19.7. The molecule has 8 nitrogen and oxygen atoms in total. The molecule has 0 bridgehead atoms. The lowest BCUT2D eigenvalue weighted by Crippen LogP contribution is -2.39. The number of hydrogen-bond acceptors (Lipinski definition) is 7. The SMILES string of the molecule is COC(=O)CN(C(C)c1nc(-c2cccc(Cl)c2)ccc1C(=O)OC)S(=O)(=O)c1ccc(C)cc1. The van der Waals surface area contributed by atoms with E-state index >= 15 is 0 Å². The monoisotopic (exact) mass is 516 g/mol. The van der Waals surface area contributed by atoms with Crippen molar-refractivity contribution in [3.8, 4) is 11.3 Å². The van der Waals surface area contributed by atoms with Crippen molar-refractivity contribution in [2.45, 2.75) is 24.8 Å². The quantitative estimate of drug-likeness (QED) is 0.408. The van der Waals surface area contributed by atoms with Gasteiger partial charge in [0.2, 0.25) is 10.0 Å². The minimum atomic E-state index is -4.18. The molecule has 0 fully saturated rings. The second-order valence-electron chi connectivity index (χ2n) is 7.75. The molecule has 0 saturated heterocycles. The van der Waals surface area contributed by atoms with Crippen LogP contribution < -0.4 is 0 Å². The summed E-state index contributed by atoms with van der Waals surface area (Å²) in [5, 5.41) is 0.491. The van der Waals surface area contributed by atoms with E-state index in [0.29, 0.717) is 16.3 Å². The van der Waals surface area contributed by atoms with E-state index in [1.54, 1.807) is 49.4 Å². The van der Waals surface area contributed by atoms with Crippen molar-refractivity contribution in [1.29, 1.82) is 0 Å². The normalized spacial score (nSPS) is 12.3. The largest absolute Gasteiger partial charge is 0.468 e. The van der Waals surface area contributed by atoms with Crippen LogP contribution in [-0.2, 0) is 24.3 Å². The van der Waals surface area contributed by atoms with E-state index in [0.717, 1.165) is 9.87 Å². The highest BCUT2D eigenvalue weighted by molar-refractivity contribution is 7.89. The molecule has 1 aromatic heterocycles. The first-order valence-electron chi connectivity index (χ1n) is 10.6. The molecule has 1 atom stereocenters. The molecule has 2 aromatic carbocycles. The predicted molar refractivity (Wildman–Crippen MR) is 132 cm³/mol. The second kappa shape index (κ2) is 11.0. The highest BCUT2D eigenvalue weighted by Crippen LogP contribution is 2.31. The molecular weight excluding hydrogens is 492 g/mol. The van der Waals surface area contributed by atoms with Crippen LogP contribution in [0.2, 0.25) is 5.02 Å². The molecule has 3 aromatic rings. The van der Waals surface area contributed by atoms with Gasteiger partial charge in [-0.2, -0.15) is 4.31 Å². The topological polar surface area (TPSA) is 103 Å². The van der Waals surface area contributed by atoms with Gasteiger partial charge < -0.3 is 9.47 Å². The van der Waals surface area contributed by atoms with Crippen LogP contribution in [0, 0.1) is 6.92 Å². The summed E-state index contributed by atoms with van der Waals surface area (Å²) in [6.07, 6.45) is 0. The van der Waals surface area contributed by atoms with Gasteiger partial charge in [-0.25, -0.2) is 13.2 Å². The van der Waals surface area contributed by atoms with E-state index in [1.807, 2.05) is 6.92 Å². The maximum absolute atomic E-state index is 13.6. The van der Waals surface area contributed by atoms with E-state index < -0.39 is 34.5 Å². The molecule has 0 aliphatic rings. The van der Waals surface area contributed by atoms with Crippen LogP contribution in [0.5, 0.6) is 0 Å². The summed E-state index contributed by atoms with van der Waals surface area (Å²) < 4.78 is 37.8. The Morgan fingerprint density at radius 1 is 1.03 bits per heavy atom. The van der Waals surface area contributed by atoms with Crippen LogP contribution in [0.1, 0.15) is 34.6 Å². The fraction of sp³-hybridized carbons (Fsp3) is 0.240. The van der Waals surface area contributed by atoms with E-state index in [4.69, 9.17) is 21.1 Å². The first-order valence-corrected chi connectivity index (χ1v) is 12.4. The zero-order chi connectivity index (χ0) is 25.8. The van der Waals surface area contributed by atoms with Gasteiger partial charge >= 0.3 is 11.9 Å². The number of methoxy groups -OCH3 is 2. The summed E-state index contributed by atoms with van der Waals surface area (Å²) >= 11 is 6.12. The Kier molecular flexibility index (Phi) is 8.26. The molecule has 35 heavy (non-hydrogen) atoms. The number of ether oxygens (including phenoxy) is 2. The number of hydrogen-bond donors (Lipinski definition) is 0. The molecule has 1 heterocycles. The van der Waals surface area contributed by atoms with Crippen molar-refractivity contribution < 1.29 is 27.5 Å². The minimum absolute atomic E-state index is 0.00975. The lowest BCUT2D eigenvalue weighted by Gasteiger charge is -2.28. The number of halogens is 1. The van der Waals surface area contributed by atoms with Crippen LogP contribution in [0.3, 0.4) is 0 Å². The number of carbonyl (C=O) groups is 2. The Hall–Kier alpha value is -3.27. The first-order chi connectivity index (χ1) is 16.6. The van der Waals surface area contributed by atoms with Gasteiger partial charge in [0.25, 0.3) is 0 Å². The number of carbonyl (C=O) groups excluding carboxylic acids is 2. The maximum Gasteiger partial charge on any atom is 0.339 e. The fourth-order valence-corrected chi connectivity index (χ4v) is 5.22. The average molecular weight is 517 g/mol. The molecule has 184 valence electrons. The van der Waals surface area contributed by atoms with Gasteiger partial charge in [0, 0.05) is 10.6 Å². The van der Waals surface area contributed by atoms with Crippen LogP contribution in [0.15, 0.2) is 65.6 Å². The molecule has 1 unspecified atom stereocenters. The number of benzene rings is 2. The number of rotatable bonds is 8. The van der Waals surface area contributed by atoms with Crippen molar-refractivity contribution >= 4 is 33.6 Å². The average Bonchev–Trinajstić information content (AvgIpc) is 2.86. The molecule has 3 rings (SSSR count). The predicted octanol–water partition coefficient (Wildman–Crippen LogP) is 4.42. The summed E-state index contributed by atoms with van der Waals surface area (Å²) in [4.78, 5) is 29.4. The Bertz CT molecular complexity index is 1340. The molecule has 0 N–H and O–H groups in total. The number of sulfonamides is 1. The second-order valence-corrected chi connectivity index (χ2v) is 10.1. The third-order valence-corrected chi connectivity index (χ3v) is 7.58. The molecule has 0 saturated carbocycles. The third-order valence-electron chi connectivity index (χ3n) is 5.42. The molecular formula is C25H25ClN2O6S. The number of pyridine rings is 1. The molecule has 0 aliphatic carbocycles. The summed E-state index contributed by atoms with van der Waals surface area (Å²) in [6, 6.07) is 15.3. The molecule has 0 radical (unpaired) electrons. The Labute approximate surface area is 209 Å². The van der Waals surface area contributed by atoms with E-state index in [1.165, 1.54) is 32.4 Å². The van der Waals surface area contributed by atoms with Gasteiger partial charge in [0.1, 0.15) is 6.54 Å². The number of aromatic nitrogens is 1. The number of esters is 2. The van der Waals surface area contributed by atoms with Crippen LogP contribution in [0.4, 0.5) is 0 Å². The van der Waals surface area contributed by atoms with E-state index in [9.17, 15) is 18.0 Å². The van der Waals surface area contributed by atoms with E-state index in [2.05, 4.69) is 4.98 Å². The van der Waals surface area contributed by atoms with Gasteiger partial charge in [-0.3, -0.25) is 9.78 Å². The fourth-order valence-electron chi connectivity index (χ4n) is 3.49. The van der Waals surface area contributed by atoms with Crippen molar-refractivity contribution in [3.63, 3.8) is 0 Å². The molecule has 10 heteroatoms. The molecule has 0 aliphatic heterocycles.